The van der Waals surface area contributed by atoms with Crippen molar-refractivity contribution < 1.29 is 9.15 Å². The quantitative estimate of drug-likeness (QED) is 0.765. The van der Waals surface area contributed by atoms with Crippen LogP contribution >= 0.6 is 0 Å². The third kappa shape index (κ3) is 1.91. The summed E-state index contributed by atoms with van der Waals surface area (Å²) in [4.78, 5) is 4.23. The number of ether oxygens (including phenoxy) is 1. The van der Waals surface area contributed by atoms with E-state index in [0.29, 0.717) is 5.89 Å². The number of hydrogen-bond acceptors (Lipinski definition) is 3. The predicted molar refractivity (Wildman–Crippen MR) is 58.6 cm³/mol. The van der Waals surface area contributed by atoms with E-state index in [9.17, 15) is 0 Å². The lowest BCUT2D eigenvalue weighted by atomic mass is 10.2. The van der Waals surface area contributed by atoms with Crippen LogP contribution < -0.4 is 4.74 Å². The van der Waals surface area contributed by atoms with Crippen molar-refractivity contribution in [2.45, 2.75) is 0 Å². The molecule has 0 fully saturated rings. The lowest BCUT2D eigenvalue weighted by Gasteiger charge is -1.99. The standard InChI is InChI=1S/C12H11NO2/c1-3-12-13-11(8-15-12)9-4-6-10(14-2)7-5-9/h3-8H,1H2,2H3. The second-order valence-corrected chi connectivity index (χ2v) is 3.00. The average molecular weight is 201 g/mol. The van der Waals surface area contributed by atoms with Crippen molar-refractivity contribution in [3.05, 3.63) is 43.0 Å². The largest absolute Gasteiger partial charge is 0.497 e. The predicted octanol–water partition coefficient (Wildman–Crippen LogP) is 2.99. The van der Waals surface area contributed by atoms with Gasteiger partial charge in [-0.2, -0.15) is 0 Å². The fourth-order valence-corrected chi connectivity index (χ4v) is 1.28. The molecule has 2 rings (SSSR count). The Balaban J connectivity index is 2.32. The van der Waals surface area contributed by atoms with Gasteiger partial charge in [0.25, 0.3) is 0 Å². The van der Waals surface area contributed by atoms with Gasteiger partial charge in [0.1, 0.15) is 17.7 Å². The molecule has 0 saturated carbocycles. The molecule has 15 heavy (non-hydrogen) atoms. The molecule has 3 nitrogen and oxygen atoms in total. The summed E-state index contributed by atoms with van der Waals surface area (Å²) in [5.41, 5.74) is 1.79. The topological polar surface area (TPSA) is 35.3 Å². The molecular weight excluding hydrogens is 190 g/mol. The van der Waals surface area contributed by atoms with Gasteiger partial charge in [-0.15, -0.1) is 0 Å². The van der Waals surface area contributed by atoms with Crippen LogP contribution in [-0.4, -0.2) is 12.1 Å². The molecule has 0 aliphatic carbocycles. The van der Waals surface area contributed by atoms with Crippen molar-refractivity contribution in [3.8, 4) is 17.0 Å². The van der Waals surface area contributed by atoms with E-state index < -0.39 is 0 Å². The van der Waals surface area contributed by atoms with Crippen LogP contribution in [0.15, 0.2) is 41.5 Å². The number of methoxy groups -OCH3 is 1. The zero-order valence-electron chi connectivity index (χ0n) is 8.43. The fourth-order valence-electron chi connectivity index (χ4n) is 1.28. The Morgan fingerprint density at radius 1 is 1.33 bits per heavy atom. The Kier molecular flexibility index (Phi) is 2.54. The molecule has 2 aromatic rings. The van der Waals surface area contributed by atoms with E-state index in [1.54, 1.807) is 19.4 Å². The van der Waals surface area contributed by atoms with E-state index in [2.05, 4.69) is 11.6 Å². The Labute approximate surface area is 88.0 Å². The SMILES string of the molecule is C=Cc1nc(-c2ccc(OC)cc2)co1. The molecule has 0 aliphatic rings. The second-order valence-electron chi connectivity index (χ2n) is 3.00. The van der Waals surface area contributed by atoms with E-state index in [0.717, 1.165) is 17.0 Å². The van der Waals surface area contributed by atoms with Gasteiger partial charge in [0.15, 0.2) is 0 Å². The molecule has 0 spiro atoms. The van der Waals surface area contributed by atoms with Crippen molar-refractivity contribution in [2.24, 2.45) is 0 Å². The van der Waals surface area contributed by atoms with E-state index in [4.69, 9.17) is 9.15 Å². The molecule has 0 unspecified atom stereocenters. The summed E-state index contributed by atoms with van der Waals surface area (Å²) in [6.07, 6.45) is 3.19. The van der Waals surface area contributed by atoms with Gasteiger partial charge in [-0.25, -0.2) is 4.98 Å². The Morgan fingerprint density at radius 2 is 2.07 bits per heavy atom. The fraction of sp³-hybridized carbons (Fsp3) is 0.0833. The zero-order valence-corrected chi connectivity index (χ0v) is 8.43. The molecule has 0 aliphatic heterocycles. The maximum atomic E-state index is 5.16. The summed E-state index contributed by atoms with van der Waals surface area (Å²) in [6.45, 7) is 3.59. The monoisotopic (exact) mass is 201 g/mol. The van der Waals surface area contributed by atoms with Crippen LogP contribution in [0, 0.1) is 0 Å². The minimum absolute atomic E-state index is 0.529. The first-order valence-electron chi connectivity index (χ1n) is 4.56. The molecule has 0 bridgehead atoms. The van der Waals surface area contributed by atoms with Gasteiger partial charge in [-0.05, 0) is 30.3 Å². The number of rotatable bonds is 3. The van der Waals surface area contributed by atoms with Crippen LogP contribution in [0.5, 0.6) is 5.75 Å². The highest BCUT2D eigenvalue weighted by Crippen LogP contribution is 2.21. The highest BCUT2D eigenvalue weighted by Gasteiger charge is 2.03. The lowest BCUT2D eigenvalue weighted by Crippen LogP contribution is -1.82. The molecule has 0 radical (unpaired) electrons. The first-order chi connectivity index (χ1) is 7.33. The molecule has 1 aromatic heterocycles. The smallest absolute Gasteiger partial charge is 0.218 e. The Morgan fingerprint density at radius 3 is 2.60 bits per heavy atom. The number of benzene rings is 1. The van der Waals surface area contributed by atoms with E-state index >= 15 is 0 Å². The zero-order chi connectivity index (χ0) is 10.7. The van der Waals surface area contributed by atoms with Gasteiger partial charge in [0.2, 0.25) is 5.89 Å². The maximum absolute atomic E-state index is 5.16. The highest BCUT2D eigenvalue weighted by atomic mass is 16.5. The first kappa shape index (κ1) is 9.52. The van der Waals surface area contributed by atoms with Crippen LogP contribution in [-0.2, 0) is 0 Å². The van der Waals surface area contributed by atoms with Gasteiger partial charge >= 0.3 is 0 Å². The minimum Gasteiger partial charge on any atom is -0.497 e. The van der Waals surface area contributed by atoms with E-state index in [1.807, 2.05) is 24.3 Å². The number of aromatic nitrogens is 1. The van der Waals surface area contributed by atoms with Gasteiger partial charge in [0.05, 0.1) is 7.11 Å². The van der Waals surface area contributed by atoms with Gasteiger partial charge < -0.3 is 9.15 Å². The third-order valence-corrected chi connectivity index (χ3v) is 2.08. The first-order valence-corrected chi connectivity index (χ1v) is 4.56. The molecule has 0 N–H and O–H groups in total. The van der Waals surface area contributed by atoms with Crippen LogP contribution in [0.25, 0.3) is 17.3 Å². The minimum atomic E-state index is 0.529. The van der Waals surface area contributed by atoms with Crippen molar-refractivity contribution in [1.82, 2.24) is 4.98 Å². The van der Waals surface area contributed by atoms with Crippen LogP contribution in [0.1, 0.15) is 5.89 Å². The van der Waals surface area contributed by atoms with Crippen LogP contribution in [0.4, 0.5) is 0 Å². The molecule has 0 saturated heterocycles. The van der Waals surface area contributed by atoms with Crippen molar-refractivity contribution in [3.63, 3.8) is 0 Å². The molecule has 1 heterocycles. The van der Waals surface area contributed by atoms with Crippen molar-refractivity contribution in [2.75, 3.05) is 7.11 Å². The van der Waals surface area contributed by atoms with Crippen LogP contribution in [0.2, 0.25) is 0 Å². The molecular formula is C12H11NO2. The normalized spacial score (nSPS) is 9.93. The Bertz CT molecular complexity index is 457. The summed E-state index contributed by atoms with van der Waals surface area (Å²) in [6, 6.07) is 7.64. The summed E-state index contributed by atoms with van der Waals surface area (Å²) >= 11 is 0. The maximum Gasteiger partial charge on any atom is 0.218 e. The van der Waals surface area contributed by atoms with Gasteiger partial charge in [-0.1, -0.05) is 6.58 Å². The summed E-state index contributed by atoms with van der Waals surface area (Å²) in [7, 11) is 1.64. The number of hydrogen-bond donors (Lipinski definition) is 0. The molecule has 0 amide bonds. The summed E-state index contributed by atoms with van der Waals surface area (Å²) in [5.74, 6) is 1.35. The van der Waals surface area contributed by atoms with Gasteiger partial charge in [0, 0.05) is 5.56 Å². The Hall–Kier alpha value is -2.03. The highest BCUT2D eigenvalue weighted by molar-refractivity contribution is 5.60. The lowest BCUT2D eigenvalue weighted by molar-refractivity contribution is 0.415. The van der Waals surface area contributed by atoms with Crippen molar-refractivity contribution in [1.29, 1.82) is 0 Å². The third-order valence-electron chi connectivity index (χ3n) is 2.08. The average Bonchev–Trinajstić information content (AvgIpc) is 2.78. The second kappa shape index (κ2) is 4.00. The summed E-state index contributed by atoms with van der Waals surface area (Å²) in [5, 5.41) is 0. The molecule has 1 aromatic carbocycles. The molecule has 76 valence electrons. The van der Waals surface area contributed by atoms with Gasteiger partial charge in [-0.3, -0.25) is 0 Å². The summed E-state index contributed by atoms with van der Waals surface area (Å²) < 4.78 is 10.2. The molecule has 0 atom stereocenters. The molecule has 3 heteroatoms. The van der Waals surface area contributed by atoms with Crippen LogP contribution in [0.3, 0.4) is 0 Å². The number of nitrogens with zero attached hydrogens (tertiary/aromatic N) is 1. The van der Waals surface area contributed by atoms with E-state index in [1.165, 1.54) is 0 Å². The van der Waals surface area contributed by atoms with E-state index in [-0.39, 0.29) is 0 Å². The number of oxazole rings is 1. The van der Waals surface area contributed by atoms with Crippen molar-refractivity contribution >= 4 is 6.08 Å².